The fourth-order valence-corrected chi connectivity index (χ4v) is 6.99. The van der Waals surface area contributed by atoms with Gasteiger partial charge >= 0.3 is 0 Å². The van der Waals surface area contributed by atoms with E-state index < -0.39 is 11.5 Å². The van der Waals surface area contributed by atoms with Crippen molar-refractivity contribution < 1.29 is 23.9 Å². The summed E-state index contributed by atoms with van der Waals surface area (Å²) in [6.45, 7) is 4.66. The molecule has 9 heteroatoms. The molecule has 0 aromatic heterocycles. The molecule has 1 N–H and O–H groups in total. The Morgan fingerprint density at radius 1 is 1.02 bits per heavy atom. The van der Waals surface area contributed by atoms with Gasteiger partial charge < -0.3 is 19.3 Å². The predicted octanol–water partition coefficient (Wildman–Crippen LogP) is 3.89. The lowest BCUT2D eigenvalue weighted by molar-refractivity contribution is -0.136. The molecule has 3 amide bonds. The second-order valence-corrected chi connectivity index (χ2v) is 12.3. The van der Waals surface area contributed by atoms with Crippen LogP contribution in [0.3, 0.4) is 0 Å². The Kier molecular flexibility index (Phi) is 8.78. The van der Waals surface area contributed by atoms with Crippen molar-refractivity contribution in [3.05, 3.63) is 64.7 Å². The molecule has 0 aliphatic carbocycles. The van der Waals surface area contributed by atoms with E-state index in [-0.39, 0.29) is 30.2 Å². The predicted molar refractivity (Wildman–Crippen MR) is 159 cm³/mol. The molecule has 3 saturated heterocycles. The SMILES string of the molecule is N#CC1(c2ccc(O[C@H]3CCOC3)cc2)CCN(CCCCCc2cccc3c2CN(C2CCC(=O)NC2=O)C3=O)CC1. The summed E-state index contributed by atoms with van der Waals surface area (Å²) in [5.74, 6) is 0.0739. The average molecular weight is 585 g/mol. The molecule has 4 aliphatic rings. The van der Waals surface area contributed by atoms with Crippen molar-refractivity contribution in [2.45, 2.75) is 81.9 Å². The van der Waals surface area contributed by atoms with Crippen LogP contribution in [0.1, 0.15) is 78.4 Å². The molecule has 2 aromatic rings. The van der Waals surface area contributed by atoms with Crippen LogP contribution in [0.25, 0.3) is 0 Å². The molecule has 1 unspecified atom stereocenters. The maximum atomic E-state index is 13.1. The quantitative estimate of drug-likeness (QED) is 0.333. The highest BCUT2D eigenvalue weighted by Gasteiger charge is 2.40. The number of carbonyl (C=O) groups is 3. The number of piperidine rings is 2. The summed E-state index contributed by atoms with van der Waals surface area (Å²) in [6, 6.07) is 16.0. The van der Waals surface area contributed by atoms with Gasteiger partial charge in [0.15, 0.2) is 0 Å². The van der Waals surface area contributed by atoms with Crippen LogP contribution >= 0.6 is 0 Å². The van der Waals surface area contributed by atoms with Gasteiger partial charge in [-0.25, -0.2) is 0 Å². The number of nitrogens with one attached hydrogen (secondary N) is 1. The standard InChI is InChI=1S/C34H40N4O5/c35-23-34(25-8-10-26(11-9-25)43-27-14-20-42-22-27)15-18-37(19-16-34)17-3-1-2-5-24-6-4-7-28-29(24)21-38(33(28)41)30-12-13-31(39)36-32(30)40/h4,6-11,27,30H,1-3,5,12-22H2,(H,36,39,40)/t27-,30?/m0/s1. The number of aryl methyl sites for hydroxylation is 1. The minimum atomic E-state index is -0.583. The number of amides is 3. The van der Waals surface area contributed by atoms with Crippen molar-refractivity contribution in [2.75, 3.05) is 32.8 Å². The lowest BCUT2D eigenvalue weighted by Gasteiger charge is -2.37. The van der Waals surface area contributed by atoms with E-state index in [4.69, 9.17) is 9.47 Å². The van der Waals surface area contributed by atoms with E-state index in [1.165, 1.54) is 5.56 Å². The van der Waals surface area contributed by atoms with Gasteiger partial charge in [-0.3, -0.25) is 19.7 Å². The molecule has 9 nitrogen and oxygen atoms in total. The summed E-state index contributed by atoms with van der Waals surface area (Å²) in [4.78, 5) is 41.1. The van der Waals surface area contributed by atoms with Gasteiger partial charge in [-0.2, -0.15) is 5.26 Å². The average Bonchev–Trinajstić information content (AvgIpc) is 3.66. The minimum Gasteiger partial charge on any atom is -0.488 e. The smallest absolute Gasteiger partial charge is 0.255 e. The molecule has 0 radical (unpaired) electrons. The van der Waals surface area contributed by atoms with Crippen LogP contribution in [-0.4, -0.2) is 72.5 Å². The van der Waals surface area contributed by atoms with Crippen molar-refractivity contribution in [3.8, 4) is 11.8 Å². The van der Waals surface area contributed by atoms with Crippen molar-refractivity contribution in [3.63, 3.8) is 0 Å². The molecule has 0 bridgehead atoms. The van der Waals surface area contributed by atoms with Crippen molar-refractivity contribution in [2.24, 2.45) is 0 Å². The van der Waals surface area contributed by atoms with Gasteiger partial charge in [-0.15, -0.1) is 0 Å². The zero-order valence-corrected chi connectivity index (χ0v) is 24.7. The van der Waals surface area contributed by atoms with Crippen LogP contribution in [0.4, 0.5) is 0 Å². The van der Waals surface area contributed by atoms with E-state index >= 15 is 0 Å². The summed E-state index contributed by atoms with van der Waals surface area (Å²) >= 11 is 0. The minimum absolute atomic E-state index is 0.117. The van der Waals surface area contributed by atoms with Gasteiger partial charge in [0.05, 0.1) is 24.7 Å². The molecular weight excluding hydrogens is 544 g/mol. The summed E-state index contributed by atoms with van der Waals surface area (Å²) in [5.41, 5.74) is 3.51. The van der Waals surface area contributed by atoms with Crippen LogP contribution in [-0.2, 0) is 32.7 Å². The van der Waals surface area contributed by atoms with Crippen molar-refractivity contribution in [1.82, 2.24) is 15.1 Å². The van der Waals surface area contributed by atoms with Gasteiger partial charge in [0.25, 0.3) is 5.91 Å². The number of nitriles is 1. The fraction of sp³-hybridized carbons (Fsp3) is 0.529. The highest BCUT2D eigenvalue weighted by atomic mass is 16.5. The van der Waals surface area contributed by atoms with Crippen LogP contribution < -0.4 is 10.1 Å². The number of fused-ring (bicyclic) bond motifs is 1. The van der Waals surface area contributed by atoms with E-state index in [2.05, 4.69) is 34.5 Å². The van der Waals surface area contributed by atoms with Gasteiger partial charge in [0, 0.05) is 24.9 Å². The van der Waals surface area contributed by atoms with E-state index in [1.54, 1.807) is 4.90 Å². The Labute approximate surface area is 253 Å². The zero-order chi connectivity index (χ0) is 29.8. The Morgan fingerprint density at radius 2 is 1.84 bits per heavy atom. The maximum absolute atomic E-state index is 13.1. The number of carbonyl (C=O) groups excluding carboxylic acids is 3. The van der Waals surface area contributed by atoms with Crippen LogP contribution in [0.2, 0.25) is 0 Å². The van der Waals surface area contributed by atoms with E-state index in [9.17, 15) is 19.6 Å². The topological polar surface area (TPSA) is 112 Å². The number of benzene rings is 2. The molecule has 2 atom stereocenters. The molecular formula is C34H40N4O5. The summed E-state index contributed by atoms with van der Waals surface area (Å²) in [7, 11) is 0. The highest BCUT2D eigenvalue weighted by Crippen LogP contribution is 2.36. The lowest BCUT2D eigenvalue weighted by atomic mass is 9.74. The third kappa shape index (κ3) is 6.31. The monoisotopic (exact) mass is 584 g/mol. The largest absolute Gasteiger partial charge is 0.488 e. The first-order valence-electron chi connectivity index (χ1n) is 15.7. The lowest BCUT2D eigenvalue weighted by Crippen LogP contribution is -2.52. The van der Waals surface area contributed by atoms with Gasteiger partial charge in [0.2, 0.25) is 11.8 Å². The van der Waals surface area contributed by atoms with E-state index in [0.717, 1.165) is 88.1 Å². The molecule has 6 rings (SSSR count). The third-order valence-electron chi connectivity index (χ3n) is 9.62. The molecule has 226 valence electrons. The zero-order valence-electron chi connectivity index (χ0n) is 24.7. The molecule has 4 heterocycles. The number of likely N-dealkylation sites (tertiary alicyclic amines) is 1. The highest BCUT2D eigenvalue weighted by molar-refractivity contribution is 6.05. The number of ether oxygens (including phenoxy) is 2. The second-order valence-electron chi connectivity index (χ2n) is 12.3. The van der Waals surface area contributed by atoms with Crippen molar-refractivity contribution in [1.29, 1.82) is 5.26 Å². The fourth-order valence-electron chi connectivity index (χ4n) is 6.99. The first-order chi connectivity index (χ1) is 21.0. The molecule has 0 saturated carbocycles. The number of nitrogens with zero attached hydrogens (tertiary/aromatic N) is 3. The van der Waals surface area contributed by atoms with E-state index in [0.29, 0.717) is 25.1 Å². The summed E-state index contributed by atoms with van der Waals surface area (Å²) in [6.07, 6.45) is 7.43. The maximum Gasteiger partial charge on any atom is 0.255 e. The summed E-state index contributed by atoms with van der Waals surface area (Å²) < 4.78 is 11.4. The van der Waals surface area contributed by atoms with Gasteiger partial charge in [-0.1, -0.05) is 30.7 Å². The summed E-state index contributed by atoms with van der Waals surface area (Å²) in [5, 5.41) is 12.5. The van der Waals surface area contributed by atoms with E-state index in [1.807, 2.05) is 24.3 Å². The Balaban J connectivity index is 0.948. The Morgan fingerprint density at radius 3 is 2.56 bits per heavy atom. The van der Waals surface area contributed by atoms with Crippen molar-refractivity contribution >= 4 is 17.7 Å². The Bertz CT molecular complexity index is 1390. The molecule has 3 fully saturated rings. The van der Waals surface area contributed by atoms with Crippen LogP contribution in [0.15, 0.2) is 42.5 Å². The number of hydrogen-bond acceptors (Lipinski definition) is 7. The second kappa shape index (κ2) is 12.9. The number of unbranched alkanes of at least 4 members (excludes halogenated alkanes) is 2. The van der Waals surface area contributed by atoms with Crippen LogP contribution in [0.5, 0.6) is 5.75 Å². The third-order valence-corrected chi connectivity index (χ3v) is 9.62. The molecule has 0 spiro atoms. The number of imide groups is 1. The normalized spacial score (nSPS) is 23.6. The Hall–Kier alpha value is -3.74. The van der Waals surface area contributed by atoms with Gasteiger partial charge in [0.1, 0.15) is 17.9 Å². The number of rotatable bonds is 10. The molecule has 43 heavy (non-hydrogen) atoms. The molecule has 2 aromatic carbocycles. The van der Waals surface area contributed by atoms with Gasteiger partial charge in [-0.05, 0) is 93.0 Å². The first-order valence-corrected chi connectivity index (χ1v) is 15.7. The molecule has 4 aliphatic heterocycles. The number of hydrogen-bond donors (Lipinski definition) is 1. The van der Waals surface area contributed by atoms with Crippen LogP contribution in [0, 0.1) is 11.3 Å². The first kappa shape index (κ1) is 29.3.